The third-order valence-electron chi connectivity index (χ3n) is 6.65. The van der Waals surface area contributed by atoms with Crippen LogP contribution in [0.4, 0.5) is 0 Å². The maximum absolute atomic E-state index is 11.1. The molecule has 0 spiro atoms. The minimum absolute atomic E-state index is 0.329. The molecule has 0 amide bonds. The van der Waals surface area contributed by atoms with Crippen molar-refractivity contribution in [2.45, 2.75) is 154 Å². The Kier molecular flexibility index (Phi) is 24.2. The molecule has 0 rings (SSSR count). The summed E-state index contributed by atoms with van der Waals surface area (Å²) in [6.07, 6.45) is 33.9. The lowest BCUT2D eigenvalue weighted by Crippen LogP contribution is -2.35. The predicted octanol–water partition coefficient (Wildman–Crippen LogP) is 9.16. The highest BCUT2D eigenvalue weighted by Crippen LogP contribution is 2.14. The molecule has 0 aliphatic heterocycles. The first-order valence-corrected chi connectivity index (χ1v) is 14.1. The average Bonchev–Trinajstić information content (AvgIpc) is 2.76. The van der Waals surface area contributed by atoms with Gasteiger partial charge < -0.3 is 5.11 Å². The van der Waals surface area contributed by atoms with Gasteiger partial charge in [0.1, 0.15) is 6.04 Å². The molecule has 0 aromatic carbocycles. The fourth-order valence-corrected chi connectivity index (χ4v) is 4.43. The molecule has 32 heavy (non-hydrogen) atoms. The Labute approximate surface area is 201 Å². The highest BCUT2D eigenvalue weighted by molar-refractivity contribution is 5.73. The average molecular weight is 452 g/mol. The molecule has 0 fully saturated rings. The van der Waals surface area contributed by atoms with Crippen molar-refractivity contribution in [2.75, 3.05) is 14.1 Å². The molecule has 1 unspecified atom stereocenters. The molecule has 0 saturated carbocycles. The number of likely N-dealkylation sites (N-methyl/N-ethyl adjacent to an activating group) is 1. The summed E-state index contributed by atoms with van der Waals surface area (Å²) in [6, 6.07) is -0.329. The molecule has 0 aromatic heterocycles. The van der Waals surface area contributed by atoms with Crippen molar-refractivity contribution in [3.8, 4) is 0 Å². The highest BCUT2D eigenvalue weighted by Gasteiger charge is 2.18. The molecule has 3 nitrogen and oxygen atoms in total. The molecule has 0 bridgehead atoms. The van der Waals surface area contributed by atoms with Crippen LogP contribution in [0, 0.1) is 0 Å². The van der Waals surface area contributed by atoms with E-state index in [4.69, 9.17) is 0 Å². The summed E-state index contributed by atoms with van der Waals surface area (Å²) in [4.78, 5) is 13.0. The van der Waals surface area contributed by atoms with E-state index in [-0.39, 0.29) is 6.04 Å². The van der Waals surface area contributed by atoms with E-state index < -0.39 is 5.97 Å². The van der Waals surface area contributed by atoms with Crippen molar-refractivity contribution in [1.82, 2.24) is 4.90 Å². The summed E-state index contributed by atoms with van der Waals surface area (Å²) in [5.74, 6) is -0.697. The van der Waals surface area contributed by atoms with E-state index in [1.807, 2.05) is 19.0 Å². The van der Waals surface area contributed by atoms with Gasteiger partial charge in [0, 0.05) is 0 Å². The van der Waals surface area contributed by atoms with Crippen molar-refractivity contribution in [1.29, 1.82) is 0 Å². The lowest BCUT2D eigenvalue weighted by molar-refractivity contribution is -0.142. The lowest BCUT2D eigenvalue weighted by Gasteiger charge is -2.19. The van der Waals surface area contributed by atoms with E-state index in [0.29, 0.717) is 0 Å². The van der Waals surface area contributed by atoms with Gasteiger partial charge in [-0.05, 0) is 46.2 Å². The van der Waals surface area contributed by atoms with Crippen LogP contribution < -0.4 is 0 Å². The van der Waals surface area contributed by atoms with Crippen molar-refractivity contribution in [2.24, 2.45) is 0 Å². The molecule has 0 radical (unpaired) electrons. The van der Waals surface area contributed by atoms with Gasteiger partial charge in [-0.3, -0.25) is 9.69 Å². The normalized spacial score (nSPS) is 12.8. The van der Waals surface area contributed by atoms with Gasteiger partial charge in [-0.2, -0.15) is 0 Å². The summed E-state index contributed by atoms with van der Waals surface area (Å²) in [7, 11) is 3.70. The fourth-order valence-electron chi connectivity index (χ4n) is 4.43. The Morgan fingerprint density at radius 3 is 1.31 bits per heavy atom. The van der Waals surface area contributed by atoms with Gasteiger partial charge in [-0.15, -0.1) is 0 Å². The molecule has 0 heterocycles. The zero-order valence-electron chi connectivity index (χ0n) is 22.1. The van der Waals surface area contributed by atoms with Gasteiger partial charge in [-0.1, -0.05) is 128 Å². The van der Waals surface area contributed by atoms with E-state index >= 15 is 0 Å². The van der Waals surface area contributed by atoms with Crippen LogP contribution >= 0.6 is 0 Å². The second-order valence-electron chi connectivity index (χ2n) is 10.0. The number of rotatable bonds is 25. The molecule has 0 aliphatic rings. The minimum atomic E-state index is -0.697. The lowest BCUT2D eigenvalue weighted by atomic mass is 10.0. The van der Waals surface area contributed by atoms with E-state index in [0.717, 1.165) is 19.3 Å². The van der Waals surface area contributed by atoms with Gasteiger partial charge in [-0.25, -0.2) is 0 Å². The van der Waals surface area contributed by atoms with Gasteiger partial charge >= 0.3 is 5.97 Å². The zero-order chi connectivity index (χ0) is 23.7. The second-order valence-corrected chi connectivity index (χ2v) is 10.0. The molecular weight excluding hydrogens is 394 g/mol. The van der Waals surface area contributed by atoms with Crippen LogP contribution in [0.15, 0.2) is 12.2 Å². The quantitative estimate of drug-likeness (QED) is 0.111. The van der Waals surface area contributed by atoms with Crippen LogP contribution in [0.5, 0.6) is 0 Å². The monoisotopic (exact) mass is 451 g/mol. The van der Waals surface area contributed by atoms with Crippen molar-refractivity contribution in [3.63, 3.8) is 0 Å². The minimum Gasteiger partial charge on any atom is -0.480 e. The summed E-state index contributed by atoms with van der Waals surface area (Å²) in [5.41, 5.74) is 0. The first-order valence-electron chi connectivity index (χ1n) is 14.1. The number of hydrogen-bond donors (Lipinski definition) is 1. The van der Waals surface area contributed by atoms with Crippen LogP contribution in [-0.2, 0) is 4.79 Å². The number of aliphatic carboxylic acids is 1. The Morgan fingerprint density at radius 2 is 0.969 bits per heavy atom. The third-order valence-corrected chi connectivity index (χ3v) is 6.65. The predicted molar refractivity (Wildman–Crippen MR) is 141 cm³/mol. The van der Waals surface area contributed by atoms with Gasteiger partial charge in [0.05, 0.1) is 0 Å². The topological polar surface area (TPSA) is 40.5 Å². The number of carboxylic acids is 1. The number of allylic oxidation sites excluding steroid dienone is 2. The first-order chi connectivity index (χ1) is 15.6. The van der Waals surface area contributed by atoms with Crippen LogP contribution in [0.3, 0.4) is 0 Å². The maximum atomic E-state index is 11.1. The molecule has 3 heteroatoms. The largest absolute Gasteiger partial charge is 0.480 e. The van der Waals surface area contributed by atoms with E-state index in [1.54, 1.807) is 0 Å². The Balaban J connectivity index is 3.23. The SMILES string of the molecule is CCCCCCCCCCCCCCCCC/C=C/CCCCCCC(C(=O)O)N(C)C. The number of unbranched alkanes of at least 4 members (excludes halogenated alkanes) is 19. The number of carbonyl (C=O) groups is 1. The third kappa shape index (κ3) is 22.4. The second kappa shape index (κ2) is 24.8. The zero-order valence-corrected chi connectivity index (χ0v) is 22.1. The Bertz CT molecular complexity index is 419. The van der Waals surface area contributed by atoms with Crippen molar-refractivity contribution in [3.05, 3.63) is 12.2 Å². The maximum Gasteiger partial charge on any atom is 0.320 e. The number of carboxylic acid groups (broad SMARTS) is 1. The first kappa shape index (κ1) is 31.2. The Morgan fingerprint density at radius 1 is 0.625 bits per heavy atom. The van der Waals surface area contributed by atoms with Gasteiger partial charge in [0.15, 0.2) is 0 Å². The molecule has 0 aliphatic carbocycles. The molecule has 190 valence electrons. The van der Waals surface area contributed by atoms with E-state index in [9.17, 15) is 9.90 Å². The summed E-state index contributed by atoms with van der Waals surface area (Å²) >= 11 is 0. The number of hydrogen-bond acceptors (Lipinski definition) is 2. The molecule has 1 N–H and O–H groups in total. The number of nitrogens with zero attached hydrogens (tertiary/aromatic N) is 1. The Hall–Kier alpha value is -0.830. The molecular formula is C29H57NO2. The van der Waals surface area contributed by atoms with Crippen LogP contribution in [0.25, 0.3) is 0 Å². The van der Waals surface area contributed by atoms with Crippen LogP contribution in [0.2, 0.25) is 0 Å². The summed E-state index contributed by atoms with van der Waals surface area (Å²) < 4.78 is 0. The van der Waals surface area contributed by atoms with Gasteiger partial charge in [0.2, 0.25) is 0 Å². The highest BCUT2D eigenvalue weighted by atomic mass is 16.4. The van der Waals surface area contributed by atoms with Gasteiger partial charge in [0.25, 0.3) is 0 Å². The molecule has 0 saturated heterocycles. The standard InChI is InChI=1S/C29H57NO2/c1-4-5-6-7-8-9-10-11-12-13-14-15-16-17-18-19-20-21-22-23-24-25-26-27-28(29(31)32)30(2)3/h20-21,28H,4-19,22-27H2,1-3H3,(H,31,32)/b21-20+. The molecule has 1 atom stereocenters. The summed E-state index contributed by atoms with van der Waals surface area (Å²) in [5, 5.41) is 9.17. The van der Waals surface area contributed by atoms with Crippen LogP contribution in [-0.4, -0.2) is 36.1 Å². The molecule has 0 aromatic rings. The van der Waals surface area contributed by atoms with Crippen molar-refractivity contribution < 1.29 is 9.90 Å². The van der Waals surface area contributed by atoms with E-state index in [1.165, 1.54) is 122 Å². The van der Waals surface area contributed by atoms with E-state index in [2.05, 4.69) is 19.1 Å². The fraction of sp³-hybridized carbons (Fsp3) is 0.897. The summed E-state index contributed by atoms with van der Waals surface area (Å²) in [6.45, 7) is 2.29. The smallest absolute Gasteiger partial charge is 0.320 e. The van der Waals surface area contributed by atoms with Crippen molar-refractivity contribution >= 4 is 5.97 Å². The van der Waals surface area contributed by atoms with Crippen LogP contribution in [0.1, 0.15) is 148 Å².